The molecule has 0 aliphatic heterocycles. The van der Waals surface area contributed by atoms with Crippen LogP contribution in [0.3, 0.4) is 0 Å². The van der Waals surface area contributed by atoms with Gasteiger partial charge in [-0.2, -0.15) is 0 Å². The molecule has 0 heterocycles. The van der Waals surface area contributed by atoms with Gasteiger partial charge in [0.05, 0.1) is 6.04 Å². The van der Waals surface area contributed by atoms with Crippen LogP contribution < -0.4 is 5.32 Å². The van der Waals surface area contributed by atoms with Crippen LogP contribution in [0.25, 0.3) is 0 Å². The van der Waals surface area contributed by atoms with Crippen molar-refractivity contribution in [3.63, 3.8) is 0 Å². The lowest BCUT2D eigenvalue weighted by Crippen LogP contribution is -2.17. The molecule has 0 fully saturated rings. The van der Waals surface area contributed by atoms with Gasteiger partial charge in [-0.25, -0.2) is 13.2 Å². The zero-order valence-electron chi connectivity index (χ0n) is 9.75. The van der Waals surface area contributed by atoms with E-state index >= 15 is 0 Å². The monoisotopic (exact) mass is 251 g/mol. The van der Waals surface area contributed by atoms with E-state index < -0.39 is 11.6 Å². The Morgan fingerprint density at radius 1 is 0.833 bits per heavy atom. The Morgan fingerprint density at radius 2 is 1.44 bits per heavy atom. The molecule has 0 saturated heterocycles. The summed E-state index contributed by atoms with van der Waals surface area (Å²) in [7, 11) is 1.70. The smallest absolute Gasteiger partial charge is 0.159 e. The van der Waals surface area contributed by atoms with Crippen molar-refractivity contribution in [2.45, 2.75) is 6.04 Å². The van der Waals surface area contributed by atoms with Gasteiger partial charge in [-0.3, -0.25) is 0 Å². The third-order valence-corrected chi connectivity index (χ3v) is 2.77. The lowest BCUT2D eigenvalue weighted by atomic mass is 9.99. The first-order chi connectivity index (χ1) is 8.61. The van der Waals surface area contributed by atoms with E-state index in [0.717, 1.165) is 17.7 Å². The van der Waals surface area contributed by atoms with E-state index in [0.29, 0.717) is 5.56 Å². The van der Waals surface area contributed by atoms with Gasteiger partial charge in [0.2, 0.25) is 0 Å². The van der Waals surface area contributed by atoms with Crippen LogP contribution in [0, 0.1) is 17.5 Å². The Labute approximate surface area is 103 Å². The van der Waals surface area contributed by atoms with Gasteiger partial charge < -0.3 is 5.32 Å². The minimum absolute atomic E-state index is 0.305. The minimum Gasteiger partial charge on any atom is -0.309 e. The molecule has 4 heteroatoms. The zero-order valence-corrected chi connectivity index (χ0v) is 9.75. The first-order valence-corrected chi connectivity index (χ1v) is 5.49. The molecule has 0 aliphatic rings. The van der Waals surface area contributed by atoms with Crippen molar-refractivity contribution < 1.29 is 13.2 Å². The van der Waals surface area contributed by atoms with Gasteiger partial charge in [-0.15, -0.1) is 0 Å². The minimum atomic E-state index is -0.894. The molecular formula is C14H12F3N. The summed E-state index contributed by atoms with van der Waals surface area (Å²) in [6.07, 6.45) is 0. The van der Waals surface area contributed by atoms with Crippen molar-refractivity contribution in [2.24, 2.45) is 0 Å². The normalized spacial score (nSPS) is 12.4. The molecule has 2 aromatic carbocycles. The molecule has 0 bridgehead atoms. The number of benzene rings is 2. The molecule has 1 atom stereocenters. The second-order valence-electron chi connectivity index (χ2n) is 3.95. The predicted octanol–water partition coefficient (Wildman–Crippen LogP) is 3.41. The first kappa shape index (κ1) is 12.6. The predicted molar refractivity (Wildman–Crippen MR) is 63.7 cm³/mol. The topological polar surface area (TPSA) is 12.0 Å². The van der Waals surface area contributed by atoms with E-state index in [1.54, 1.807) is 19.2 Å². The quantitative estimate of drug-likeness (QED) is 0.881. The van der Waals surface area contributed by atoms with E-state index in [-0.39, 0.29) is 11.9 Å². The summed E-state index contributed by atoms with van der Waals surface area (Å²) >= 11 is 0. The Kier molecular flexibility index (Phi) is 3.67. The van der Waals surface area contributed by atoms with Crippen LogP contribution in [0.4, 0.5) is 13.2 Å². The van der Waals surface area contributed by atoms with Gasteiger partial charge >= 0.3 is 0 Å². The van der Waals surface area contributed by atoms with Crippen LogP contribution in [0.2, 0.25) is 0 Å². The summed E-state index contributed by atoms with van der Waals surface area (Å²) in [6, 6.07) is 9.30. The van der Waals surface area contributed by atoms with Crippen LogP contribution in [0.5, 0.6) is 0 Å². The Balaban J connectivity index is 2.38. The summed E-state index contributed by atoms with van der Waals surface area (Å²) < 4.78 is 38.9. The maximum Gasteiger partial charge on any atom is 0.159 e. The van der Waals surface area contributed by atoms with Crippen molar-refractivity contribution in [3.05, 3.63) is 71.0 Å². The fourth-order valence-corrected chi connectivity index (χ4v) is 1.87. The van der Waals surface area contributed by atoms with Crippen LogP contribution in [-0.4, -0.2) is 7.05 Å². The second kappa shape index (κ2) is 5.23. The van der Waals surface area contributed by atoms with Crippen LogP contribution in [0.1, 0.15) is 17.2 Å². The van der Waals surface area contributed by atoms with Crippen molar-refractivity contribution in [1.82, 2.24) is 5.32 Å². The molecule has 1 nitrogen and oxygen atoms in total. The molecule has 0 radical (unpaired) electrons. The molecule has 94 valence electrons. The van der Waals surface area contributed by atoms with Gasteiger partial charge in [0.15, 0.2) is 11.6 Å². The maximum absolute atomic E-state index is 13.2. The lowest BCUT2D eigenvalue weighted by molar-refractivity contribution is 0.505. The Bertz CT molecular complexity index is 537. The highest BCUT2D eigenvalue weighted by Crippen LogP contribution is 2.23. The molecule has 0 spiro atoms. The van der Waals surface area contributed by atoms with Crippen molar-refractivity contribution >= 4 is 0 Å². The number of hydrogen-bond donors (Lipinski definition) is 1. The zero-order chi connectivity index (χ0) is 13.1. The Morgan fingerprint density at radius 3 is 2.00 bits per heavy atom. The molecular weight excluding hydrogens is 239 g/mol. The summed E-state index contributed by atoms with van der Waals surface area (Å²) in [5.74, 6) is -2.11. The highest BCUT2D eigenvalue weighted by molar-refractivity contribution is 5.32. The van der Waals surface area contributed by atoms with Crippen LogP contribution >= 0.6 is 0 Å². The van der Waals surface area contributed by atoms with Gasteiger partial charge in [0.1, 0.15) is 5.82 Å². The molecule has 1 unspecified atom stereocenters. The van der Waals surface area contributed by atoms with E-state index in [9.17, 15) is 13.2 Å². The van der Waals surface area contributed by atoms with Crippen molar-refractivity contribution in [3.8, 4) is 0 Å². The highest BCUT2D eigenvalue weighted by Gasteiger charge is 2.14. The van der Waals surface area contributed by atoms with Crippen LogP contribution in [-0.2, 0) is 0 Å². The third-order valence-electron chi connectivity index (χ3n) is 2.77. The van der Waals surface area contributed by atoms with Crippen molar-refractivity contribution in [1.29, 1.82) is 0 Å². The average Bonchev–Trinajstić information content (AvgIpc) is 2.37. The Hall–Kier alpha value is -1.81. The summed E-state index contributed by atoms with van der Waals surface area (Å²) in [5.41, 5.74) is 1.37. The summed E-state index contributed by atoms with van der Waals surface area (Å²) in [5, 5.41) is 2.99. The highest BCUT2D eigenvalue weighted by atomic mass is 19.2. The van der Waals surface area contributed by atoms with Crippen LogP contribution in [0.15, 0.2) is 42.5 Å². The molecule has 0 aromatic heterocycles. The number of hydrogen-bond acceptors (Lipinski definition) is 1. The number of halogens is 3. The molecule has 0 amide bonds. The molecule has 2 rings (SSSR count). The molecule has 2 aromatic rings. The maximum atomic E-state index is 13.2. The standard InChI is InChI=1S/C14H12F3N/c1-18-14(9-2-5-11(15)6-3-9)10-4-7-12(16)13(17)8-10/h2-8,14,18H,1H3. The largest absolute Gasteiger partial charge is 0.309 e. The molecule has 0 saturated carbocycles. The molecule has 0 aliphatic carbocycles. The van der Waals surface area contributed by atoms with Gasteiger partial charge in [-0.1, -0.05) is 18.2 Å². The van der Waals surface area contributed by atoms with E-state index in [2.05, 4.69) is 5.32 Å². The fraction of sp³-hybridized carbons (Fsp3) is 0.143. The van der Waals surface area contributed by atoms with Gasteiger partial charge in [0, 0.05) is 0 Å². The first-order valence-electron chi connectivity index (χ1n) is 5.49. The number of nitrogens with one attached hydrogen (secondary N) is 1. The van der Waals surface area contributed by atoms with E-state index in [4.69, 9.17) is 0 Å². The lowest BCUT2D eigenvalue weighted by Gasteiger charge is -2.17. The third kappa shape index (κ3) is 2.54. The van der Waals surface area contributed by atoms with Gasteiger partial charge in [-0.05, 0) is 42.4 Å². The molecule has 1 N–H and O–H groups in total. The van der Waals surface area contributed by atoms with Gasteiger partial charge in [0.25, 0.3) is 0 Å². The second-order valence-corrected chi connectivity index (χ2v) is 3.95. The van der Waals surface area contributed by atoms with E-state index in [1.165, 1.54) is 18.2 Å². The average molecular weight is 251 g/mol. The summed E-state index contributed by atoms with van der Waals surface area (Å²) in [4.78, 5) is 0. The fourth-order valence-electron chi connectivity index (χ4n) is 1.87. The van der Waals surface area contributed by atoms with Crippen molar-refractivity contribution in [2.75, 3.05) is 7.05 Å². The summed E-state index contributed by atoms with van der Waals surface area (Å²) in [6.45, 7) is 0. The van der Waals surface area contributed by atoms with E-state index in [1.807, 2.05) is 0 Å². The molecule has 18 heavy (non-hydrogen) atoms. The number of rotatable bonds is 3. The SMILES string of the molecule is CNC(c1ccc(F)cc1)c1ccc(F)c(F)c1.